The molecular formula is C22H22N4O2. The van der Waals surface area contributed by atoms with E-state index in [-0.39, 0.29) is 22.7 Å². The summed E-state index contributed by atoms with van der Waals surface area (Å²) in [7, 11) is 1.82. The van der Waals surface area contributed by atoms with E-state index in [0.717, 1.165) is 17.0 Å². The van der Waals surface area contributed by atoms with Gasteiger partial charge in [0.25, 0.3) is 0 Å². The maximum atomic E-state index is 13.0. The molecule has 6 nitrogen and oxygen atoms in total. The van der Waals surface area contributed by atoms with Crippen LogP contribution in [0.25, 0.3) is 11.3 Å². The van der Waals surface area contributed by atoms with Gasteiger partial charge in [-0.15, -0.1) is 0 Å². The Morgan fingerprint density at radius 2 is 2.00 bits per heavy atom. The van der Waals surface area contributed by atoms with Crippen LogP contribution in [0, 0.1) is 16.7 Å². The van der Waals surface area contributed by atoms with E-state index in [2.05, 4.69) is 11.2 Å². The molecule has 1 aliphatic carbocycles. The zero-order valence-electron chi connectivity index (χ0n) is 16.2. The number of hydrogen-bond donors (Lipinski definition) is 1. The first kappa shape index (κ1) is 18.1. The van der Waals surface area contributed by atoms with Crippen LogP contribution in [-0.4, -0.2) is 15.6 Å². The third-order valence-corrected chi connectivity index (χ3v) is 5.36. The van der Waals surface area contributed by atoms with Crippen LogP contribution in [0.2, 0.25) is 0 Å². The first-order valence-electron chi connectivity index (χ1n) is 9.24. The van der Waals surface area contributed by atoms with Gasteiger partial charge in [0, 0.05) is 31.0 Å². The van der Waals surface area contributed by atoms with Crippen molar-refractivity contribution in [2.24, 2.45) is 18.2 Å². The summed E-state index contributed by atoms with van der Waals surface area (Å²) in [5.74, 6) is 0.0793. The molecule has 2 aliphatic rings. The molecular weight excluding hydrogens is 352 g/mol. The molecule has 142 valence electrons. The fourth-order valence-corrected chi connectivity index (χ4v) is 4.08. The smallest absolute Gasteiger partial charge is 0.205 e. The monoisotopic (exact) mass is 374 g/mol. The van der Waals surface area contributed by atoms with Gasteiger partial charge >= 0.3 is 0 Å². The molecule has 2 N–H and O–H groups in total. The van der Waals surface area contributed by atoms with Crippen LogP contribution in [0.1, 0.15) is 38.3 Å². The molecule has 0 unspecified atom stereocenters. The molecule has 1 aromatic heterocycles. The second kappa shape index (κ2) is 6.38. The number of rotatable bonds is 2. The van der Waals surface area contributed by atoms with Crippen molar-refractivity contribution >= 4 is 5.78 Å². The zero-order chi connectivity index (χ0) is 20.1. The van der Waals surface area contributed by atoms with E-state index in [1.807, 2.05) is 57.3 Å². The first-order valence-corrected chi connectivity index (χ1v) is 9.24. The van der Waals surface area contributed by atoms with Crippen molar-refractivity contribution in [3.63, 3.8) is 0 Å². The highest BCUT2D eigenvalue weighted by Gasteiger charge is 2.44. The summed E-state index contributed by atoms with van der Waals surface area (Å²) in [6.07, 6.45) is 1.01. The molecule has 1 aliphatic heterocycles. The number of hydrogen-bond acceptors (Lipinski definition) is 5. The Balaban J connectivity index is 1.88. The number of carbonyl (C=O) groups is 1. The minimum atomic E-state index is -0.563. The van der Waals surface area contributed by atoms with Gasteiger partial charge in [0.2, 0.25) is 5.88 Å². The minimum Gasteiger partial charge on any atom is -0.444 e. The van der Waals surface area contributed by atoms with Gasteiger partial charge in [0.1, 0.15) is 17.4 Å². The second-order valence-electron chi connectivity index (χ2n) is 8.15. The lowest BCUT2D eigenvalue weighted by Gasteiger charge is -2.37. The van der Waals surface area contributed by atoms with Crippen molar-refractivity contribution in [1.29, 1.82) is 5.26 Å². The van der Waals surface area contributed by atoms with Crippen molar-refractivity contribution in [3.05, 3.63) is 64.9 Å². The lowest BCUT2D eigenvalue weighted by Crippen LogP contribution is -2.34. The molecule has 0 bridgehead atoms. The number of nitriles is 1. The molecule has 0 fully saturated rings. The van der Waals surface area contributed by atoms with Crippen LogP contribution in [0.5, 0.6) is 0 Å². The average Bonchev–Trinajstić information content (AvgIpc) is 3.01. The average molecular weight is 374 g/mol. The summed E-state index contributed by atoms with van der Waals surface area (Å²) >= 11 is 0. The SMILES string of the molecule is Cn1nc(-c2ccccc2)cc1[C@@H]1C(C#N)=C(N)OC2=C1C(=O)CC(C)(C)C2. The van der Waals surface area contributed by atoms with Crippen LogP contribution in [0.4, 0.5) is 0 Å². The zero-order valence-corrected chi connectivity index (χ0v) is 16.2. The molecule has 2 aromatic rings. The predicted octanol–water partition coefficient (Wildman–Crippen LogP) is 3.54. The Hall–Kier alpha value is -3.33. The Kier molecular flexibility index (Phi) is 4.11. The summed E-state index contributed by atoms with van der Waals surface area (Å²) in [6, 6.07) is 13.9. The quantitative estimate of drug-likeness (QED) is 0.868. The van der Waals surface area contributed by atoms with E-state index in [9.17, 15) is 10.1 Å². The van der Waals surface area contributed by atoms with Crippen molar-refractivity contribution in [2.45, 2.75) is 32.6 Å². The lowest BCUT2D eigenvalue weighted by molar-refractivity contribution is -0.119. The van der Waals surface area contributed by atoms with Gasteiger partial charge in [-0.2, -0.15) is 10.4 Å². The lowest BCUT2D eigenvalue weighted by atomic mass is 9.71. The van der Waals surface area contributed by atoms with Gasteiger partial charge < -0.3 is 10.5 Å². The van der Waals surface area contributed by atoms with Gasteiger partial charge in [0.15, 0.2) is 5.78 Å². The molecule has 2 heterocycles. The normalized spacial score (nSPS) is 21.2. The summed E-state index contributed by atoms with van der Waals surface area (Å²) in [5.41, 5.74) is 9.18. The number of nitrogens with zero attached hydrogens (tertiary/aromatic N) is 3. The topological polar surface area (TPSA) is 93.9 Å². The van der Waals surface area contributed by atoms with Gasteiger partial charge in [-0.05, 0) is 11.5 Å². The number of allylic oxidation sites excluding steroid dienone is 3. The van der Waals surface area contributed by atoms with Crippen molar-refractivity contribution in [2.75, 3.05) is 0 Å². The molecule has 28 heavy (non-hydrogen) atoms. The summed E-state index contributed by atoms with van der Waals surface area (Å²) in [5, 5.41) is 14.4. The maximum absolute atomic E-state index is 13.0. The molecule has 0 amide bonds. The van der Waals surface area contributed by atoms with Crippen LogP contribution in [-0.2, 0) is 16.6 Å². The fraction of sp³-hybridized carbons (Fsp3) is 0.318. The van der Waals surface area contributed by atoms with Crippen molar-refractivity contribution < 1.29 is 9.53 Å². The van der Waals surface area contributed by atoms with Gasteiger partial charge in [-0.3, -0.25) is 9.48 Å². The highest BCUT2D eigenvalue weighted by Crippen LogP contribution is 2.48. The minimum absolute atomic E-state index is 0.000962. The molecule has 0 radical (unpaired) electrons. The molecule has 1 atom stereocenters. The summed E-state index contributed by atoms with van der Waals surface area (Å²) in [6.45, 7) is 4.06. The largest absolute Gasteiger partial charge is 0.444 e. The molecule has 4 rings (SSSR count). The molecule has 0 saturated heterocycles. The van der Waals surface area contributed by atoms with Crippen LogP contribution in [0.3, 0.4) is 0 Å². The Morgan fingerprint density at radius 1 is 1.29 bits per heavy atom. The van der Waals surface area contributed by atoms with Crippen molar-refractivity contribution in [3.8, 4) is 17.3 Å². The number of carbonyl (C=O) groups excluding carboxylic acids is 1. The number of nitrogens with two attached hydrogens (primary N) is 1. The third-order valence-electron chi connectivity index (χ3n) is 5.36. The van der Waals surface area contributed by atoms with Gasteiger partial charge in [0.05, 0.1) is 17.3 Å². The maximum Gasteiger partial charge on any atom is 0.205 e. The van der Waals surface area contributed by atoms with E-state index in [4.69, 9.17) is 10.5 Å². The summed E-state index contributed by atoms with van der Waals surface area (Å²) < 4.78 is 7.47. The highest BCUT2D eigenvalue weighted by atomic mass is 16.5. The Morgan fingerprint density at radius 3 is 2.68 bits per heavy atom. The number of Topliss-reactive ketones (excluding diaryl/α,β-unsaturated/α-hetero) is 1. The summed E-state index contributed by atoms with van der Waals surface area (Å²) in [4.78, 5) is 13.0. The van der Waals surface area contributed by atoms with Crippen LogP contribution in [0.15, 0.2) is 59.2 Å². The number of benzene rings is 1. The highest BCUT2D eigenvalue weighted by molar-refractivity contribution is 6.00. The fourth-order valence-electron chi connectivity index (χ4n) is 4.08. The van der Waals surface area contributed by atoms with E-state index in [0.29, 0.717) is 24.2 Å². The van der Waals surface area contributed by atoms with E-state index in [1.165, 1.54) is 0 Å². The number of aryl methyl sites for hydroxylation is 1. The van der Waals surface area contributed by atoms with Gasteiger partial charge in [-0.25, -0.2) is 0 Å². The third kappa shape index (κ3) is 2.89. The number of ketones is 1. The van der Waals surface area contributed by atoms with Crippen LogP contribution >= 0.6 is 0 Å². The number of ether oxygens (including phenoxy) is 1. The standard InChI is InChI=1S/C22H22N4O2/c1-22(2)10-17(27)20-18(11-22)28-21(24)14(12-23)19(20)16-9-15(25-26(16)3)13-7-5-4-6-8-13/h4-9,19H,10-11,24H2,1-3H3/t19-/m0/s1. The van der Waals surface area contributed by atoms with E-state index < -0.39 is 5.92 Å². The Labute approximate surface area is 163 Å². The van der Waals surface area contributed by atoms with E-state index >= 15 is 0 Å². The predicted molar refractivity (Wildman–Crippen MR) is 104 cm³/mol. The Bertz CT molecular complexity index is 1070. The molecule has 0 spiro atoms. The van der Waals surface area contributed by atoms with Crippen molar-refractivity contribution in [1.82, 2.24) is 9.78 Å². The second-order valence-corrected chi connectivity index (χ2v) is 8.15. The number of aromatic nitrogens is 2. The van der Waals surface area contributed by atoms with Crippen LogP contribution < -0.4 is 5.73 Å². The molecule has 6 heteroatoms. The molecule has 1 aromatic carbocycles. The van der Waals surface area contributed by atoms with Gasteiger partial charge in [-0.1, -0.05) is 44.2 Å². The molecule has 0 saturated carbocycles. The van der Waals surface area contributed by atoms with E-state index in [1.54, 1.807) is 4.68 Å². The first-order chi connectivity index (χ1) is 13.3.